The molecular formula is C19H30N2O2. The van der Waals surface area contributed by atoms with Crippen LogP contribution in [0.25, 0.3) is 0 Å². The molecular weight excluding hydrogens is 288 g/mol. The normalized spacial score (nSPS) is 11.2. The van der Waals surface area contributed by atoms with E-state index in [9.17, 15) is 9.59 Å². The summed E-state index contributed by atoms with van der Waals surface area (Å²) in [7, 11) is 0. The molecule has 0 aromatic heterocycles. The summed E-state index contributed by atoms with van der Waals surface area (Å²) in [5.41, 5.74) is 3.07. The lowest BCUT2D eigenvalue weighted by Gasteiger charge is -2.20. The second-order valence-corrected chi connectivity index (χ2v) is 7.04. The van der Waals surface area contributed by atoms with Crippen molar-refractivity contribution >= 4 is 17.5 Å². The maximum Gasteiger partial charge on any atom is 0.233 e. The van der Waals surface area contributed by atoms with Crippen molar-refractivity contribution in [1.82, 2.24) is 5.32 Å². The fourth-order valence-corrected chi connectivity index (χ4v) is 2.41. The molecule has 0 aliphatic rings. The van der Waals surface area contributed by atoms with Crippen molar-refractivity contribution in [3.05, 3.63) is 29.3 Å². The molecule has 0 radical (unpaired) electrons. The number of carbonyl (C=O) groups excluding carboxylic acids is 2. The summed E-state index contributed by atoms with van der Waals surface area (Å²) in [6.07, 6.45) is -0.142. The minimum Gasteiger partial charge on any atom is -0.355 e. The first-order valence-corrected chi connectivity index (χ1v) is 8.41. The highest BCUT2D eigenvalue weighted by molar-refractivity contribution is 6.04. The number of amides is 2. The molecule has 1 aromatic rings. The van der Waals surface area contributed by atoms with Gasteiger partial charge in [0.25, 0.3) is 0 Å². The molecule has 4 nitrogen and oxygen atoms in total. The maximum atomic E-state index is 12.2. The zero-order valence-corrected chi connectivity index (χ0v) is 15.2. The second kappa shape index (κ2) is 8.70. The lowest BCUT2D eigenvalue weighted by atomic mass is 9.92. The van der Waals surface area contributed by atoms with Crippen LogP contribution < -0.4 is 10.6 Å². The highest BCUT2D eigenvalue weighted by Crippen LogP contribution is 2.32. The lowest BCUT2D eigenvalue weighted by Crippen LogP contribution is -2.31. The van der Waals surface area contributed by atoms with Crippen LogP contribution in [-0.2, 0) is 9.59 Å². The summed E-state index contributed by atoms with van der Waals surface area (Å²) in [4.78, 5) is 24.1. The van der Waals surface area contributed by atoms with Crippen molar-refractivity contribution in [1.29, 1.82) is 0 Å². The van der Waals surface area contributed by atoms with Crippen molar-refractivity contribution in [3.8, 4) is 0 Å². The van der Waals surface area contributed by atoms with Crippen LogP contribution in [0.3, 0.4) is 0 Å². The van der Waals surface area contributed by atoms with Gasteiger partial charge in [0.05, 0.1) is 0 Å². The molecule has 23 heavy (non-hydrogen) atoms. The zero-order valence-electron chi connectivity index (χ0n) is 15.2. The monoisotopic (exact) mass is 318 g/mol. The molecule has 0 atom stereocenters. The Bertz CT molecular complexity index is 522. The van der Waals surface area contributed by atoms with Crippen LogP contribution in [-0.4, -0.2) is 18.4 Å². The van der Waals surface area contributed by atoms with E-state index in [2.05, 4.69) is 38.3 Å². The van der Waals surface area contributed by atoms with Gasteiger partial charge in [-0.3, -0.25) is 9.59 Å². The van der Waals surface area contributed by atoms with Gasteiger partial charge in [0.15, 0.2) is 0 Å². The molecule has 0 heterocycles. The molecule has 1 aromatic carbocycles. The molecule has 0 saturated heterocycles. The first kappa shape index (κ1) is 19.2. The van der Waals surface area contributed by atoms with Gasteiger partial charge in [0.1, 0.15) is 6.42 Å². The van der Waals surface area contributed by atoms with Crippen molar-refractivity contribution in [2.45, 2.75) is 59.8 Å². The Labute approximate surface area is 140 Å². The summed E-state index contributed by atoms with van der Waals surface area (Å²) in [6, 6.07) is 6.09. The summed E-state index contributed by atoms with van der Waals surface area (Å²) in [6.45, 7) is 13.0. The fourth-order valence-electron chi connectivity index (χ4n) is 2.41. The molecule has 0 spiro atoms. The number of nitrogens with one attached hydrogen (secondary N) is 2. The molecule has 0 aliphatic carbocycles. The molecule has 4 heteroatoms. The molecule has 1 rings (SSSR count). The van der Waals surface area contributed by atoms with Gasteiger partial charge in [-0.25, -0.2) is 0 Å². The molecule has 2 N–H and O–H groups in total. The van der Waals surface area contributed by atoms with Crippen molar-refractivity contribution in [3.63, 3.8) is 0 Å². The Morgan fingerprint density at radius 1 is 0.913 bits per heavy atom. The van der Waals surface area contributed by atoms with Crippen molar-refractivity contribution in [2.75, 3.05) is 11.9 Å². The van der Waals surface area contributed by atoms with E-state index in [4.69, 9.17) is 0 Å². The maximum absolute atomic E-state index is 12.2. The number of benzene rings is 1. The van der Waals surface area contributed by atoms with Gasteiger partial charge >= 0.3 is 0 Å². The average Bonchev–Trinajstić information content (AvgIpc) is 2.44. The number of anilines is 1. The summed E-state index contributed by atoms with van der Waals surface area (Å²) >= 11 is 0. The van der Waals surface area contributed by atoms with Crippen molar-refractivity contribution in [2.24, 2.45) is 5.92 Å². The van der Waals surface area contributed by atoms with Gasteiger partial charge in [-0.1, -0.05) is 59.7 Å². The molecule has 2 amide bonds. The Morgan fingerprint density at radius 3 is 1.87 bits per heavy atom. The third-order valence-corrected chi connectivity index (χ3v) is 3.67. The Balaban J connectivity index is 2.86. The van der Waals surface area contributed by atoms with Crippen LogP contribution >= 0.6 is 0 Å². The number of rotatable bonds is 7. The van der Waals surface area contributed by atoms with Gasteiger partial charge in [-0.15, -0.1) is 0 Å². The summed E-state index contributed by atoms with van der Waals surface area (Å²) in [5, 5.41) is 5.73. The molecule has 0 fully saturated rings. The molecule has 0 unspecified atom stereocenters. The smallest absolute Gasteiger partial charge is 0.233 e. The third-order valence-electron chi connectivity index (χ3n) is 3.67. The third kappa shape index (κ3) is 6.05. The van der Waals surface area contributed by atoms with Crippen LogP contribution in [0.2, 0.25) is 0 Å². The van der Waals surface area contributed by atoms with E-state index in [0.717, 1.165) is 16.8 Å². The van der Waals surface area contributed by atoms with Crippen LogP contribution in [0.5, 0.6) is 0 Å². The van der Waals surface area contributed by atoms with Crippen molar-refractivity contribution < 1.29 is 9.59 Å². The molecule has 0 aliphatic heterocycles. The van der Waals surface area contributed by atoms with E-state index in [1.54, 1.807) is 0 Å². The summed E-state index contributed by atoms with van der Waals surface area (Å²) < 4.78 is 0. The van der Waals surface area contributed by atoms with E-state index < -0.39 is 0 Å². The summed E-state index contributed by atoms with van der Waals surface area (Å²) in [5.74, 6) is 0.485. The fraction of sp³-hybridized carbons (Fsp3) is 0.579. The van der Waals surface area contributed by atoms with E-state index in [0.29, 0.717) is 24.3 Å². The first-order chi connectivity index (χ1) is 10.7. The lowest BCUT2D eigenvalue weighted by molar-refractivity contribution is -0.126. The van der Waals surface area contributed by atoms with E-state index in [-0.39, 0.29) is 18.2 Å². The predicted octanol–water partition coefficient (Wildman–Crippen LogP) is 4.03. The zero-order chi connectivity index (χ0) is 17.6. The minimum absolute atomic E-state index is 0.142. The Hall–Kier alpha value is -1.84. The highest BCUT2D eigenvalue weighted by Gasteiger charge is 2.17. The number of para-hydroxylation sites is 1. The van der Waals surface area contributed by atoms with Gasteiger partial charge in [-0.05, 0) is 28.9 Å². The van der Waals surface area contributed by atoms with Gasteiger partial charge in [0.2, 0.25) is 11.8 Å². The van der Waals surface area contributed by atoms with Gasteiger partial charge < -0.3 is 10.6 Å². The van der Waals surface area contributed by atoms with Gasteiger partial charge in [-0.2, -0.15) is 0 Å². The number of hydrogen-bond donors (Lipinski definition) is 2. The van der Waals surface area contributed by atoms with E-state index in [1.807, 2.05) is 32.0 Å². The van der Waals surface area contributed by atoms with E-state index >= 15 is 0 Å². The average molecular weight is 318 g/mol. The van der Waals surface area contributed by atoms with Crippen LogP contribution in [0.15, 0.2) is 18.2 Å². The quantitative estimate of drug-likeness (QED) is 0.746. The van der Waals surface area contributed by atoms with Gasteiger partial charge in [0, 0.05) is 12.2 Å². The topological polar surface area (TPSA) is 58.2 Å². The molecule has 0 bridgehead atoms. The molecule has 128 valence electrons. The highest BCUT2D eigenvalue weighted by atomic mass is 16.2. The Morgan fingerprint density at radius 2 is 1.43 bits per heavy atom. The largest absolute Gasteiger partial charge is 0.355 e. The number of hydrogen-bond acceptors (Lipinski definition) is 2. The van der Waals surface area contributed by atoms with Crippen LogP contribution in [0.4, 0.5) is 5.69 Å². The minimum atomic E-state index is -0.263. The predicted molar refractivity (Wildman–Crippen MR) is 95.7 cm³/mol. The second-order valence-electron chi connectivity index (χ2n) is 7.04. The van der Waals surface area contributed by atoms with Crippen LogP contribution in [0.1, 0.15) is 70.9 Å². The van der Waals surface area contributed by atoms with E-state index in [1.165, 1.54) is 0 Å². The van der Waals surface area contributed by atoms with Crippen LogP contribution in [0, 0.1) is 5.92 Å². The Kier molecular flexibility index (Phi) is 7.27. The number of carbonyl (C=O) groups is 2. The first-order valence-electron chi connectivity index (χ1n) is 8.41. The molecule has 0 saturated carbocycles. The SMILES string of the molecule is CC(C)CNC(=O)CC(=O)Nc1c(C(C)C)cccc1C(C)C. The standard InChI is InChI=1S/C19H30N2O2/c1-12(2)11-20-17(22)10-18(23)21-19-15(13(3)4)8-7-9-16(19)14(5)6/h7-9,12-14H,10-11H2,1-6H3,(H,20,22)(H,21,23).